The molecule has 5 nitrogen and oxygen atoms in total. The molecule has 0 atom stereocenters. The number of thioether (sulfide) groups is 1. The lowest BCUT2D eigenvalue weighted by Crippen LogP contribution is -2.47. The maximum atomic E-state index is 9.10. The maximum Gasteiger partial charge on any atom is 0.166 e. The van der Waals surface area contributed by atoms with Gasteiger partial charge in [-0.3, -0.25) is 4.90 Å². The third kappa shape index (κ3) is 3.84. The van der Waals surface area contributed by atoms with E-state index in [0.717, 1.165) is 59.6 Å². The van der Waals surface area contributed by atoms with Crippen LogP contribution in [0.3, 0.4) is 0 Å². The van der Waals surface area contributed by atoms with Gasteiger partial charge in [-0.05, 0) is 31.9 Å². The van der Waals surface area contributed by atoms with Gasteiger partial charge in [0, 0.05) is 37.5 Å². The third-order valence-corrected chi connectivity index (χ3v) is 7.25. The average molecular weight is 395 g/mol. The van der Waals surface area contributed by atoms with Crippen LogP contribution in [0.5, 0.6) is 0 Å². The van der Waals surface area contributed by atoms with Crippen LogP contribution >= 0.6 is 23.4 Å². The molecule has 2 aromatic rings. The second-order valence-corrected chi connectivity index (χ2v) is 9.66. The molecule has 0 spiro atoms. The van der Waals surface area contributed by atoms with Gasteiger partial charge in [-0.15, -0.1) is 0 Å². The number of imidazole rings is 1. The number of aliphatic hydroxyl groups excluding tert-OH is 1. The van der Waals surface area contributed by atoms with Crippen LogP contribution in [-0.4, -0.2) is 64.1 Å². The van der Waals surface area contributed by atoms with Gasteiger partial charge in [0.25, 0.3) is 0 Å². The van der Waals surface area contributed by atoms with Gasteiger partial charge in [-0.25, -0.2) is 4.98 Å². The SMILES string of the molecule is CC1(Sc2nc3cc(N4CCN(CCO)CC4)c(Cl)cc3[nH]2)CCCC1. The van der Waals surface area contributed by atoms with Crippen LogP contribution in [0.25, 0.3) is 11.0 Å². The van der Waals surface area contributed by atoms with Crippen molar-refractivity contribution in [3.63, 3.8) is 0 Å². The molecule has 0 radical (unpaired) electrons. The number of halogens is 1. The minimum Gasteiger partial charge on any atom is -0.395 e. The monoisotopic (exact) mass is 394 g/mol. The van der Waals surface area contributed by atoms with Crippen LogP contribution in [0.15, 0.2) is 17.3 Å². The molecule has 2 N–H and O–H groups in total. The lowest BCUT2D eigenvalue weighted by molar-refractivity contribution is 0.189. The molecular weight excluding hydrogens is 368 g/mol. The summed E-state index contributed by atoms with van der Waals surface area (Å²) >= 11 is 8.47. The highest BCUT2D eigenvalue weighted by Gasteiger charge is 2.31. The largest absolute Gasteiger partial charge is 0.395 e. The lowest BCUT2D eigenvalue weighted by atomic mass is 10.1. The number of H-pyrrole nitrogens is 1. The van der Waals surface area contributed by atoms with Gasteiger partial charge in [0.05, 0.1) is 28.4 Å². The molecule has 0 unspecified atom stereocenters. The Balaban J connectivity index is 1.52. The fourth-order valence-electron chi connectivity index (χ4n) is 4.10. The van der Waals surface area contributed by atoms with Crippen LogP contribution in [0.4, 0.5) is 5.69 Å². The smallest absolute Gasteiger partial charge is 0.166 e. The number of benzene rings is 1. The van der Waals surface area contributed by atoms with E-state index in [9.17, 15) is 0 Å². The number of aromatic amines is 1. The summed E-state index contributed by atoms with van der Waals surface area (Å²) in [5.74, 6) is 0. The first-order valence-corrected chi connectivity index (χ1v) is 10.7. The molecule has 1 saturated carbocycles. The van der Waals surface area contributed by atoms with Gasteiger partial charge in [0.15, 0.2) is 5.16 Å². The van der Waals surface area contributed by atoms with Crippen LogP contribution in [0, 0.1) is 0 Å². The number of rotatable bonds is 5. The standard InChI is InChI=1S/C19H27ClN4OS/c1-19(4-2-3-5-19)26-18-21-15-12-14(20)17(13-16(15)22-18)24-8-6-23(7-9-24)10-11-25/h12-13,25H,2-11H2,1H3,(H,21,22). The van der Waals surface area contributed by atoms with Crippen molar-refractivity contribution in [2.24, 2.45) is 0 Å². The first kappa shape index (κ1) is 18.4. The summed E-state index contributed by atoms with van der Waals surface area (Å²) in [5, 5.41) is 10.9. The van der Waals surface area contributed by atoms with E-state index in [1.807, 2.05) is 17.8 Å². The molecule has 142 valence electrons. The van der Waals surface area contributed by atoms with Crippen LogP contribution < -0.4 is 4.90 Å². The van der Waals surface area contributed by atoms with E-state index in [1.165, 1.54) is 25.7 Å². The lowest BCUT2D eigenvalue weighted by Gasteiger charge is -2.36. The number of nitrogens with one attached hydrogen (secondary N) is 1. The maximum absolute atomic E-state index is 9.10. The summed E-state index contributed by atoms with van der Waals surface area (Å²) in [6.07, 6.45) is 5.17. The van der Waals surface area contributed by atoms with Crippen molar-refractivity contribution in [3.8, 4) is 0 Å². The number of anilines is 1. The predicted molar refractivity (Wildman–Crippen MR) is 110 cm³/mol. The number of aromatic nitrogens is 2. The highest BCUT2D eigenvalue weighted by molar-refractivity contribution is 8.00. The molecular formula is C19H27ClN4OS. The molecule has 2 aliphatic rings. The molecule has 2 heterocycles. The van der Waals surface area contributed by atoms with Gasteiger partial charge >= 0.3 is 0 Å². The number of hydrogen-bond acceptors (Lipinski definition) is 5. The molecule has 1 aliphatic heterocycles. The van der Waals surface area contributed by atoms with Crippen molar-refractivity contribution in [2.45, 2.75) is 42.5 Å². The average Bonchev–Trinajstić information content (AvgIpc) is 3.20. The summed E-state index contributed by atoms with van der Waals surface area (Å²) in [4.78, 5) is 12.9. The second-order valence-electron chi connectivity index (χ2n) is 7.67. The quantitative estimate of drug-likeness (QED) is 0.808. The van der Waals surface area contributed by atoms with E-state index in [4.69, 9.17) is 21.7 Å². The molecule has 4 rings (SSSR count). The van der Waals surface area contributed by atoms with E-state index in [-0.39, 0.29) is 6.61 Å². The van der Waals surface area contributed by atoms with Crippen LogP contribution in [-0.2, 0) is 0 Å². The highest BCUT2D eigenvalue weighted by atomic mass is 35.5. The summed E-state index contributed by atoms with van der Waals surface area (Å²) < 4.78 is 0.309. The fourth-order valence-corrected chi connectivity index (χ4v) is 5.65. The van der Waals surface area contributed by atoms with Crippen molar-refractivity contribution in [1.82, 2.24) is 14.9 Å². The number of aliphatic hydroxyl groups is 1. The third-order valence-electron chi connectivity index (χ3n) is 5.66. The van der Waals surface area contributed by atoms with Gasteiger partial charge in [-0.2, -0.15) is 0 Å². The van der Waals surface area contributed by atoms with Gasteiger partial charge in [0.1, 0.15) is 0 Å². The van der Waals surface area contributed by atoms with Crippen molar-refractivity contribution in [3.05, 3.63) is 17.2 Å². The number of nitrogens with zero attached hydrogens (tertiary/aromatic N) is 3. The van der Waals surface area contributed by atoms with E-state index >= 15 is 0 Å². The molecule has 1 saturated heterocycles. The van der Waals surface area contributed by atoms with E-state index in [2.05, 4.69) is 27.8 Å². The Labute approximate surface area is 164 Å². The van der Waals surface area contributed by atoms with E-state index < -0.39 is 0 Å². The Morgan fingerprint density at radius 3 is 2.65 bits per heavy atom. The molecule has 0 amide bonds. The Morgan fingerprint density at radius 1 is 1.23 bits per heavy atom. The zero-order chi connectivity index (χ0) is 18.1. The molecule has 7 heteroatoms. The van der Waals surface area contributed by atoms with Gasteiger partial charge < -0.3 is 15.0 Å². The van der Waals surface area contributed by atoms with Crippen LogP contribution in [0.1, 0.15) is 32.6 Å². The van der Waals surface area contributed by atoms with E-state index in [0.29, 0.717) is 4.75 Å². The summed E-state index contributed by atoms with van der Waals surface area (Å²) in [5.41, 5.74) is 3.07. The molecule has 0 bridgehead atoms. The summed E-state index contributed by atoms with van der Waals surface area (Å²) in [6, 6.07) is 4.14. The van der Waals surface area contributed by atoms with Crippen molar-refractivity contribution in [1.29, 1.82) is 0 Å². The Hall–Kier alpha value is -0.950. The highest BCUT2D eigenvalue weighted by Crippen LogP contribution is 2.44. The number of hydrogen-bond donors (Lipinski definition) is 2. The molecule has 1 aromatic carbocycles. The minimum atomic E-state index is 0.222. The minimum absolute atomic E-state index is 0.222. The topological polar surface area (TPSA) is 55.4 Å². The zero-order valence-corrected chi connectivity index (χ0v) is 16.9. The van der Waals surface area contributed by atoms with Crippen molar-refractivity contribution in [2.75, 3.05) is 44.2 Å². The van der Waals surface area contributed by atoms with Crippen molar-refractivity contribution < 1.29 is 5.11 Å². The first-order valence-electron chi connectivity index (χ1n) is 9.53. The molecule has 2 fully saturated rings. The fraction of sp³-hybridized carbons (Fsp3) is 0.632. The van der Waals surface area contributed by atoms with Crippen LogP contribution in [0.2, 0.25) is 5.02 Å². The normalized spacial score (nSPS) is 21.0. The summed E-state index contributed by atoms with van der Waals surface area (Å²) in [7, 11) is 0. The number of fused-ring (bicyclic) bond motifs is 1. The zero-order valence-electron chi connectivity index (χ0n) is 15.3. The Morgan fingerprint density at radius 2 is 1.96 bits per heavy atom. The van der Waals surface area contributed by atoms with E-state index in [1.54, 1.807) is 0 Å². The van der Waals surface area contributed by atoms with Crippen molar-refractivity contribution >= 4 is 40.1 Å². The first-order chi connectivity index (χ1) is 12.6. The Bertz CT molecular complexity index is 766. The van der Waals surface area contributed by atoms with Gasteiger partial charge in [0.2, 0.25) is 0 Å². The number of β-amino-alcohol motifs (C(OH)–C–C–N with tert-alkyl or cyclic N) is 1. The Kier molecular flexibility index (Phi) is 5.37. The molecule has 26 heavy (non-hydrogen) atoms. The second kappa shape index (κ2) is 7.58. The number of piperazine rings is 1. The predicted octanol–water partition coefficient (Wildman–Crippen LogP) is 3.76. The molecule has 1 aliphatic carbocycles. The molecule has 1 aromatic heterocycles. The summed E-state index contributed by atoms with van der Waals surface area (Å²) in [6.45, 7) is 7.08. The van der Waals surface area contributed by atoms with Gasteiger partial charge in [-0.1, -0.05) is 36.2 Å².